The van der Waals surface area contributed by atoms with Gasteiger partial charge >= 0.3 is 10.1 Å². The Morgan fingerprint density at radius 2 is 1.46 bits per heavy atom. The van der Waals surface area contributed by atoms with Gasteiger partial charge in [-0.05, 0) is 61.9 Å². The van der Waals surface area contributed by atoms with Crippen molar-refractivity contribution in [2.75, 3.05) is 7.11 Å². The van der Waals surface area contributed by atoms with Crippen molar-refractivity contribution in [3.05, 3.63) is 120 Å². The van der Waals surface area contributed by atoms with Crippen LogP contribution in [-0.4, -0.2) is 31.5 Å². The van der Waals surface area contributed by atoms with Gasteiger partial charge in [-0.25, -0.2) is 9.67 Å². The summed E-state index contributed by atoms with van der Waals surface area (Å²) in [6.45, 7) is 3.93. The quantitative estimate of drug-likeness (QED) is 0.163. The third-order valence-corrected chi connectivity index (χ3v) is 7.33. The molecule has 5 aromatic rings. The van der Waals surface area contributed by atoms with Gasteiger partial charge in [-0.15, -0.1) is 0 Å². The lowest BCUT2D eigenvalue weighted by molar-refractivity contribution is 0.390. The van der Waals surface area contributed by atoms with E-state index in [1.165, 1.54) is 24.8 Å². The molecule has 0 aliphatic carbocycles. The molecular weight excluding hydrogens is 510 g/mol. The van der Waals surface area contributed by atoms with Gasteiger partial charge < -0.3 is 8.92 Å². The normalized spacial score (nSPS) is 11.6. The van der Waals surface area contributed by atoms with E-state index in [-0.39, 0.29) is 16.4 Å². The Kier molecular flexibility index (Phi) is 7.29. The Morgan fingerprint density at radius 3 is 2.13 bits per heavy atom. The largest absolute Gasteiger partial charge is 0.493 e. The molecule has 8 heteroatoms. The Bertz CT molecular complexity index is 1730. The number of rotatable bonds is 8. The van der Waals surface area contributed by atoms with Crippen LogP contribution >= 0.6 is 0 Å². The van der Waals surface area contributed by atoms with Crippen LogP contribution in [0.5, 0.6) is 11.5 Å². The number of ether oxygens (including phenoxy) is 1. The fourth-order valence-electron chi connectivity index (χ4n) is 3.93. The SMILES string of the molecule is COc1cc(C=Nc2cc(-c3ccc(C)cc3)nn2-c2ccccc2)ccc1OS(=O)(=O)c1ccc(C)cc1. The summed E-state index contributed by atoms with van der Waals surface area (Å²) in [4.78, 5) is 4.78. The number of benzene rings is 4. The lowest BCUT2D eigenvalue weighted by Gasteiger charge is -2.11. The minimum Gasteiger partial charge on any atom is -0.493 e. The number of aryl methyl sites for hydroxylation is 2. The molecule has 0 saturated heterocycles. The van der Waals surface area contributed by atoms with E-state index in [1.807, 2.05) is 62.4 Å². The van der Waals surface area contributed by atoms with Crippen LogP contribution in [0.25, 0.3) is 16.9 Å². The molecule has 0 N–H and O–H groups in total. The molecule has 39 heavy (non-hydrogen) atoms. The zero-order chi connectivity index (χ0) is 27.4. The molecule has 0 amide bonds. The third kappa shape index (κ3) is 5.91. The van der Waals surface area contributed by atoms with E-state index in [0.29, 0.717) is 11.4 Å². The maximum absolute atomic E-state index is 12.8. The molecule has 196 valence electrons. The van der Waals surface area contributed by atoms with Crippen molar-refractivity contribution in [1.29, 1.82) is 0 Å². The molecule has 0 unspecified atom stereocenters. The zero-order valence-electron chi connectivity index (χ0n) is 21.8. The highest BCUT2D eigenvalue weighted by molar-refractivity contribution is 7.87. The monoisotopic (exact) mass is 537 g/mol. The standard InChI is InChI=1S/C31H27N3O4S/c1-22-9-14-25(15-10-22)28-20-31(34(33-28)26-7-5-4-6-8-26)32-21-24-13-18-29(30(19-24)37-3)38-39(35,36)27-16-11-23(2)12-17-27/h4-21H,1-3H3. The van der Waals surface area contributed by atoms with Crippen LogP contribution < -0.4 is 8.92 Å². The number of hydrogen-bond acceptors (Lipinski definition) is 6. The van der Waals surface area contributed by atoms with Gasteiger partial charge in [-0.2, -0.15) is 13.5 Å². The van der Waals surface area contributed by atoms with Crippen LogP contribution in [0.3, 0.4) is 0 Å². The average molecular weight is 538 g/mol. The summed E-state index contributed by atoms with van der Waals surface area (Å²) < 4.78 is 38.2. The first-order valence-corrected chi connectivity index (χ1v) is 13.7. The molecule has 0 fully saturated rings. The fraction of sp³-hybridized carbons (Fsp3) is 0.0968. The lowest BCUT2D eigenvalue weighted by Crippen LogP contribution is -2.10. The van der Waals surface area contributed by atoms with Gasteiger partial charge in [0.2, 0.25) is 0 Å². The van der Waals surface area contributed by atoms with Crippen molar-refractivity contribution in [1.82, 2.24) is 9.78 Å². The average Bonchev–Trinajstić information content (AvgIpc) is 3.37. The third-order valence-electron chi connectivity index (χ3n) is 6.08. The number of hydrogen-bond donors (Lipinski definition) is 0. The molecule has 0 radical (unpaired) electrons. The first-order chi connectivity index (χ1) is 18.8. The molecule has 0 atom stereocenters. The Morgan fingerprint density at radius 1 is 0.795 bits per heavy atom. The molecule has 0 aliphatic rings. The highest BCUT2D eigenvalue weighted by Gasteiger charge is 2.19. The number of methoxy groups -OCH3 is 1. The van der Waals surface area contributed by atoms with Crippen LogP contribution in [0.15, 0.2) is 113 Å². The van der Waals surface area contributed by atoms with Crippen molar-refractivity contribution in [2.24, 2.45) is 4.99 Å². The van der Waals surface area contributed by atoms with Crippen molar-refractivity contribution in [3.8, 4) is 28.4 Å². The Labute approximate surface area is 228 Å². The number of aliphatic imine (C=N–C) groups is 1. The van der Waals surface area contributed by atoms with E-state index in [1.54, 1.807) is 41.2 Å². The molecule has 0 spiro atoms. The lowest BCUT2D eigenvalue weighted by atomic mass is 10.1. The molecular formula is C31H27N3O4S. The smallest absolute Gasteiger partial charge is 0.339 e. The van der Waals surface area contributed by atoms with Gasteiger partial charge in [-0.1, -0.05) is 65.7 Å². The van der Waals surface area contributed by atoms with Gasteiger partial charge in [0.05, 0.1) is 18.5 Å². The van der Waals surface area contributed by atoms with E-state index >= 15 is 0 Å². The maximum Gasteiger partial charge on any atom is 0.339 e. The van der Waals surface area contributed by atoms with Gasteiger partial charge in [0.1, 0.15) is 4.90 Å². The predicted molar refractivity (Wildman–Crippen MR) is 153 cm³/mol. The van der Waals surface area contributed by atoms with Crippen LogP contribution in [0.2, 0.25) is 0 Å². The van der Waals surface area contributed by atoms with E-state index in [2.05, 4.69) is 12.1 Å². The van der Waals surface area contributed by atoms with Crippen LogP contribution in [0, 0.1) is 13.8 Å². The zero-order valence-corrected chi connectivity index (χ0v) is 22.6. The molecule has 0 saturated carbocycles. The van der Waals surface area contributed by atoms with Gasteiger partial charge in [0, 0.05) is 17.8 Å². The highest BCUT2D eigenvalue weighted by atomic mass is 32.2. The van der Waals surface area contributed by atoms with Crippen molar-refractivity contribution >= 4 is 22.2 Å². The number of para-hydroxylation sites is 1. The minimum atomic E-state index is -4.02. The first-order valence-electron chi connectivity index (χ1n) is 12.3. The van der Waals surface area contributed by atoms with Crippen LogP contribution in [-0.2, 0) is 10.1 Å². The molecule has 0 bridgehead atoms. The Hall–Kier alpha value is -4.69. The summed E-state index contributed by atoms with van der Waals surface area (Å²) in [5.41, 5.74) is 5.50. The second-order valence-electron chi connectivity index (χ2n) is 9.02. The van der Waals surface area contributed by atoms with E-state index < -0.39 is 10.1 Å². The van der Waals surface area contributed by atoms with Gasteiger partial charge in [-0.3, -0.25) is 0 Å². The number of aromatic nitrogens is 2. The number of nitrogens with zero attached hydrogens (tertiary/aromatic N) is 3. The summed E-state index contributed by atoms with van der Waals surface area (Å²) in [5, 5.41) is 4.81. The minimum absolute atomic E-state index is 0.0688. The molecule has 1 heterocycles. The summed E-state index contributed by atoms with van der Waals surface area (Å²) >= 11 is 0. The summed E-state index contributed by atoms with van der Waals surface area (Å²) in [6, 6.07) is 31.3. The summed E-state index contributed by atoms with van der Waals surface area (Å²) in [6.07, 6.45) is 1.68. The molecule has 1 aromatic heterocycles. The van der Waals surface area contributed by atoms with Crippen molar-refractivity contribution in [3.63, 3.8) is 0 Å². The fourth-order valence-corrected chi connectivity index (χ4v) is 4.87. The van der Waals surface area contributed by atoms with Crippen LogP contribution in [0.4, 0.5) is 5.82 Å². The predicted octanol–water partition coefficient (Wildman–Crippen LogP) is 6.68. The molecule has 0 aliphatic heterocycles. The molecule has 5 rings (SSSR count). The Balaban J connectivity index is 1.45. The van der Waals surface area contributed by atoms with Crippen LogP contribution in [0.1, 0.15) is 16.7 Å². The van der Waals surface area contributed by atoms with Crippen molar-refractivity contribution < 1.29 is 17.3 Å². The molecule has 7 nitrogen and oxygen atoms in total. The van der Waals surface area contributed by atoms with E-state index in [9.17, 15) is 8.42 Å². The van der Waals surface area contributed by atoms with Gasteiger partial charge in [0.15, 0.2) is 17.3 Å². The molecule has 4 aromatic carbocycles. The van der Waals surface area contributed by atoms with E-state index in [4.69, 9.17) is 19.0 Å². The van der Waals surface area contributed by atoms with Gasteiger partial charge in [0.25, 0.3) is 0 Å². The summed E-state index contributed by atoms with van der Waals surface area (Å²) in [5.74, 6) is 0.996. The summed E-state index contributed by atoms with van der Waals surface area (Å²) in [7, 11) is -2.56. The topological polar surface area (TPSA) is 82.8 Å². The maximum atomic E-state index is 12.8. The second kappa shape index (κ2) is 11.0. The van der Waals surface area contributed by atoms with E-state index in [0.717, 1.165) is 22.5 Å². The van der Waals surface area contributed by atoms with Crippen molar-refractivity contribution in [2.45, 2.75) is 18.7 Å². The first kappa shape index (κ1) is 25.9. The highest BCUT2D eigenvalue weighted by Crippen LogP contribution is 2.31. The second-order valence-corrected chi connectivity index (χ2v) is 10.6.